The molecule has 0 unspecified atom stereocenters. The van der Waals surface area contributed by atoms with E-state index in [-0.39, 0.29) is 5.70 Å². The van der Waals surface area contributed by atoms with Gasteiger partial charge >= 0.3 is 12.0 Å². The van der Waals surface area contributed by atoms with E-state index in [9.17, 15) is 14.4 Å². The molecule has 1 N–H and O–H groups in total. The van der Waals surface area contributed by atoms with Crippen molar-refractivity contribution < 1.29 is 19.1 Å². The number of carbonyl (C=O) groups excluding carboxylic acids is 3. The van der Waals surface area contributed by atoms with Crippen molar-refractivity contribution in [3.63, 3.8) is 0 Å². The van der Waals surface area contributed by atoms with Gasteiger partial charge in [-0.25, -0.2) is 9.69 Å². The molecule has 1 aromatic carbocycles. The SMILES string of the molecule is COC(=O)CN1C(=O)N/C(=C/c2cccc(I)c2)C1=O. The number of ether oxygens (including phenoxy) is 1. The Morgan fingerprint density at radius 1 is 1.45 bits per heavy atom. The van der Waals surface area contributed by atoms with Crippen LogP contribution in [0.5, 0.6) is 0 Å². The van der Waals surface area contributed by atoms with E-state index in [0.717, 1.165) is 14.0 Å². The Labute approximate surface area is 128 Å². The fourth-order valence-corrected chi connectivity index (χ4v) is 2.24. The molecule has 1 saturated heterocycles. The van der Waals surface area contributed by atoms with Crippen LogP contribution in [0.3, 0.4) is 0 Å². The van der Waals surface area contributed by atoms with E-state index < -0.39 is 24.5 Å². The van der Waals surface area contributed by atoms with Crippen molar-refractivity contribution in [3.05, 3.63) is 39.1 Å². The Balaban J connectivity index is 2.21. The summed E-state index contributed by atoms with van der Waals surface area (Å²) in [6.07, 6.45) is 1.57. The molecular weight excluding hydrogens is 375 g/mol. The number of imide groups is 1. The third-order valence-corrected chi connectivity index (χ3v) is 3.31. The molecule has 1 aliphatic heterocycles. The van der Waals surface area contributed by atoms with Gasteiger partial charge in [-0.15, -0.1) is 0 Å². The fourth-order valence-electron chi connectivity index (χ4n) is 1.67. The molecule has 0 bridgehead atoms. The predicted molar refractivity (Wildman–Crippen MR) is 79.4 cm³/mol. The first-order valence-corrected chi connectivity index (χ1v) is 6.76. The molecule has 1 aromatic rings. The third-order valence-electron chi connectivity index (χ3n) is 2.64. The average molecular weight is 386 g/mol. The number of esters is 1. The van der Waals surface area contributed by atoms with Crippen LogP contribution in [0.25, 0.3) is 6.08 Å². The molecule has 0 saturated carbocycles. The maximum Gasteiger partial charge on any atom is 0.329 e. The van der Waals surface area contributed by atoms with Crippen molar-refractivity contribution in [2.75, 3.05) is 13.7 Å². The van der Waals surface area contributed by atoms with Crippen LogP contribution in [0.1, 0.15) is 5.56 Å². The van der Waals surface area contributed by atoms with E-state index in [2.05, 4.69) is 32.6 Å². The van der Waals surface area contributed by atoms with E-state index in [1.807, 2.05) is 24.3 Å². The average Bonchev–Trinajstić information content (AvgIpc) is 2.66. The zero-order valence-corrected chi connectivity index (χ0v) is 12.7. The molecule has 0 radical (unpaired) electrons. The summed E-state index contributed by atoms with van der Waals surface area (Å²) in [5.41, 5.74) is 0.932. The van der Waals surface area contributed by atoms with Crippen molar-refractivity contribution in [2.45, 2.75) is 0 Å². The van der Waals surface area contributed by atoms with Crippen LogP contribution >= 0.6 is 22.6 Å². The lowest BCUT2D eigenvalue weighted by atomic mass is 10.2. The number of hydrogen-bond donors (Lipinski definition) is 1. The van der Waals surface area contributed by atoms with Crippen LogP contribution in [0.15, 0.2) is 30.0 Å². The highest BCUT2D eigenvalue weighted by Gasteiger charge is 2.35. The van der Waals surface area contributed by atoms with E-state index in [0.29, 0.717) is 0 Å². The fraction of sp³-hybridized carbons (Fsp3) is 0.154. The van der Waals surface area contributed by atoms with Crippen LogP contribution in [-0.2, 0) is 14.3 Å². The number of halogens is 1. The van der Waals surface area contributed by atoms with Gasteiger partial charge in [0.15, 0.2) is 0 Å². The lowest BCUT2D eigenvalue weighted by Gasteiger charge is -2.08. The Morgan fingerprint density at radius 3 is 2.85 bits per heavy atom. The van der Waals surface area contributed by atoms with Gasteiger partial charge in [0.25, 0.3) is 5.91 Å². The summed E-state index contributed by atoms with van der Waals surface area (Å²) in [5.74, 6) is -1.19. The number of amides is 3. The monoisotopic (exact) mass is 386 g/mol. The minimum absolute atomic E-state index is 0.140. The van der Waals surface area contributed by atoms with Gasteiger partial charge in [-0.1, -0.05) is 12.1 Å². The van der Waals surface area contributed by atoms with E-state index in [1.165, 1.54) is 7.11 Å². The highest BCUT2D eigenvalue weighted by molar-refractivity contribution is 14.1. The summed E-state index contributed by atoms with van der Waals surface area (Å²) < 4.78 is 5.46. The molecule has 3 amide bonds. The molecule has 6 nitrogen and oxygen atoms in total. The zero-order valence-electron chi connectivity index (χ0n) is 10.6. The van der Waals surface area contributed by atoms with Crippen LogP contribution < -0.4 is 5.32 Å². The molecule has 0 aromatic heterocycles. The van der Waals surface area contributed by atoms with Gasteiger partial charge in [0.1, 0.15) is 12.2 Å². The van der Waals surface area contributed by atoms with Crippen LogP contribution in [-0.4, -0.2) is 36.5 Å². The van der Waals surface area contributed by atoms with Gasteiger partial charge in [-0.05, 0) is 46.4 Å². The minimum Gasteiger partial charge on any atom is -0.468 e. The topological polar surface area (TPSA) is 75.7 Å². The second-order valence-corrected chi connectivity index (χ2v) is 5.26. The Hall–Kier alpha value is -1.90. The highest BCUT2D eigenvalue weighted by atomic mass is 127. The molecule has 2 rings (SSSR count). The standard InChI is InChI=1S/C13H11IN2O4/c1-20-11(17)7-16-12(18)10(15-13(16)19)6-8-3-2-4-9(14)5-8/h2-6H,7H2,1H3,(H,15,19)/b10-6+. The highest BCUT2D eigenvalue weighted by Crippen LogP contribution is 2.15. The smallest absolute Gasteiger partial charge is 0.329 e. The number of hydrogen-bond acceptors (Lipinski definition) is 4. The van der Waals surface area contributed by atoms with Gasteiger partial charge in [-0.3, -0.25) is 9.59 Å². The van der Waals surface area contributed by atoms with Crippen LogP contribution in [0, 0.1) is 3.57 Å². The summed E-state index contributed by atoms with van der Waals surface area (Å²) in [4.78, 5) is 35.6. The van der Waals surface area contributed by atoms with Gasteiger partial charge in [0.2, 0.25) is 0 Å². The summed E-state index contributed by atoms with van der Waals surface area (Å²) in [6.45, 7) is -0.398. The second kappa shape index (κ2) is 6.04. The first-order valence-electron chi connectivity index (χ1n) is 5.68. The number of benzene rings is 1. The van der Waals surface area contributed by atoms with Crippen LogP contribution in [0.4, 0.5) is 4.79 Å². The number of methoxy groups -OCH3 is 1. The minimum atomic E-state index is -0.649. The van der Waals surface area contributed by atoms with E-state index in [1.54, 1.807) is 6.08 Å². The van der Waals surface area contributed by atoms with Gasteiger partial charge in [-0.2, -0.15) is 0 Å². The molecule has 0 atom stereocenters. The Kier molecular flexibility index (Phi) is 4.38. The van der Waals surface area contributed by atoms with Crippen molar-refractivity contribution in [1.29, 1.82) is 0 Å². The first kappa shape index (κ1) is 14.5. The third kappa shape index (κ3) is 3.16. The molecule has 0 aliphatic carbocycles. The summed E-state index contributed by atoms with van der Waals surface area (Å²) in [6, 6.07) is 6.83. The van der Waals surface area contributed by atoms with Crippen molar-refractivity contribution in [2.24, 2.45) is 0 Å². The van der Waals surface area contributed by atoms with Gasteiger partial charge in [0, 0.05) is 3.57 Å². The normalized spacial score (nSPS) is 16.5. The number of nitrogens with one attached hydrogen (secondary N) is 1. The number of nitrogens with zero attached hydrogens (tertiary/aromatic N) is 1. The van der Waals surface area contributed by atoms with E-state index in [4.69, 9.17) is 0 Å². The van der Waals surface area contributed by atoms with Crippen molar-refractivity contribution in [3.8, 4) is 0 Å². The van der Waals surface area contributed by atoms with Gasteiger partial charge in [0.05, 0.1) is 7.11 Å². The second-order valence-electron chi connectivity index (χ2n) is 4.01. The summed E-state index contributed by atoms with van der Waals surface area (Å²) in [7, 11) is 1.20. The molecule has 1 aliphatic rings. The van der Waals surface area contributed by atoms with Crippen molar-refractivity contribution >= 4 is 46.6 Å². The maximum absolute atomic E-state index is 12.0. The maximum atomic E-state index is 12.0. The van der Waals surface area contributed by atoms with Crippen LogP contribution in [0.2, 0.25) is 0 Å². The quantitative estimate of drug-likeness (QED) is 0.369. The largest absolute Gasteiger partial charge is 0.468 e. The number of carbonyl (C=O) groups is 3. The Bertz CT molecular complexity index is 612. The van der Waals surface area contributed by atoms with Gasteiger partial charge < -0.3 is 10.1 Å². The zero-order chi connectivity index (χ0) is 14.7. The van der Waals surface area contributed by atoms with E-state index >= 15 is 0 Å². The lowest BCUT2D eigenvalue weighted by Crippen LogP contribution is -2.36. The predicted octanol–water partition coefficient (Wildman–Crippen LogP) is 1.36. The number of rotatable bonds is 3. The molecule has 1 heterocycles. The number of urea groups is 1. The molecular formula is C13H11IN2O4. The summed E-state index contributed by atoms with van der Waals surface area (Å²) >= 11 is 2.15. The molecule has 1 fully saturated rings. The first-order chi connectivity index (χ1) is 9.51. The lowest BCUT2D eigenvalue weighted by molar-refractivity contribution is -0.143. The Morgan fingerprint density at radius 2 is 2.20 bits per heavy atom. The van der Waals surface area contributed by atoms with Crippen molar-refractivity contribution in [1.82, 2.24) is 10.2 Å². The molecule has 104 valence electrons. The molecule has 7 heteroatoms. The molecule has 0 spiro atoms. The summed E-state index contributed by atoms with van der Waals surface area (Å²) in [5, 5.41) is 2.44. The molecule has 20 heavy (non-hydrogen) atoms.